The van der Waals surface area contributed by atoms with Gasteiger partial charge in [-0.15, -0.1) is 0 Å². The number of piperidine rings is 1. The fourth-order valence-electron chi connectivity index (χ4n) is 3.23. The van der Waals surface area contributed by atoms with Crippen LogP contribution in [0.2, 0.25) is 0 Å². The maximum absolute atomic E-state index is 12.6. The number of carbonyl (C=O) groups excluding carboxylic acids is 1. The smallest absolute Gasteiger partial charge is 0.308 e. The Kier molecular flexibility index (Phi) is 4.57. The summed E-state index contributed by atoms with van der Waals surface area (Å²) in [5.74, 6) is -1.83. The van der Waals surface area contributed by atoms with Gasteiger partial charge in [-0.05, 0) is 18.8 Å². The first kappa shape index (κ1) is 16.2. The van der Waals surface area contributed by atoms with Crippen LogP contribution in [0.3, 0.4) is 0 Å². The van der Waals surface area contributed by atoms with Gasteiger partial charge >= 0.3 is 5.97 Å². The third-order valence-electron chi connectivity index (χ3n) is 4.41. The fourth-order valence-corrected chi connectivity index (χ4v) is 4.35. The topological polar surface area (TPSA) is 95.0 Å². The highest BCUT2D eigenvalue weighted by atomic mass is 32.2. The number of hydrogen-bond donors (Lipinski definition) is 1. The molecule has 0 saturated carbocycles. The molecule has 8 heteroatoms. The van der Waals surface area contributed by atoms with E-state index in [0.717, 1.165) is 19.1 Å². The van der Waals surface area contributed by atoms with Crippen molar-refractivity contribution >= 4 is 21.9 Å². The molecule has 21 heavy (non-hydrogen) atoms. The first-order valence-corrected chi connectivity index (χ1v) is 9.05. The van der Waals surface area contributed by atoms with E-state index in [1.165, 1.54) is 9.21 Å². The zero-order chi connectivity index (χ0) is 15.8. The minimum Gasteiger partial charge on any atom is -0.481 e. The van der Waals surface area contributed by atoms with Gasteiger partial charge in [0.25, 0.3) is 0 Å². The number of carbonyl (C=O) groups is 2. The molecule has 0 radical (unpaired) electrons. The van der Waals surface area contributed by atoms with Gasteiger partial charge in [0.15, 0.2) is 0 Å². The van der Waals surface area contributed by atoms with Gasteiger partial charge in [-0.2, -0.15) is 4.31 Å². The summed E-state index contributed by atoms with van der Waals surface area (Å²) in [7, 11) is -3.42. The van der Waals surface area contributed by atoms with E-state index in [4.69, 9.17) is 5.11 Å². The van der Waals surface area contributed by atoms with Crippen molar-refractivity contribution in [2.45, 2.75) is 32.2 Å². The van der Waals surface area contributed by atoms with E-state index < -0.39 is 28.0 Å². The first-order valence-electron chi connectivity index (χ1n) is 7.20. The number of sulfonamides is 1. The highest BCUT2D eigenvalue weighted by Crippen LogP contribution is 2.27. The van der Waals surface area contributed by atoms with Crippen LogP contribution in [-0.2, 0) is 19.6 Å². The van der Waals surface area contributed by atoms with Crippen LogP contribution in [0.5, 0.6) is 0 Å². The van der Waals surface area contributed by atoms with E-state index in [-0.39, 0.29) is 18.4 Å². The van der Waals surface area contributed by atoms with Gasteiger partial charge < -0.3 is 10.0 Å². The number of aliphatic carboxylic acids is 1. The molecule has 1 N–H and O–H groups in total. The predicted molar refractivity (Wildman–Crippen MR) is 76.1 cm³/mol. The molecule has 0 bridgehead atoms. The number of amides is 1. The molecule has 2 aliphatic rings. The van der Waals surface area contributed by atoms with Crippen LogP contribution in [0, 0.1) is 11.8 Å². The molecule has 3 atom stereocenters. The fraction of sp³-hybridized carbons (Fsp3) is 0.846. The normalized spacial score (nSPS) is 31.3. The third-order valence-corrected chi connectivity index (χ3v) is 5.69. The molecule has 0 aliphatic carbocycles. The second kappa shape index (κ2) is 5.92. The number of rotatable bonds is 3. The molecule has 2 heterocycles. The van der Waals surface area contributed by atoms with Crippen molar-refractivity contribution < 1.29 is 23.1 Å². The van der Waals surface area contributed by atoms with E-state index in [0.29, 0.717) is 19.5 Å². The van der Waals surface area contributed by atoms with Gasteiger partial charge in [0.1, 0.15) is 6.04 Å². The summed E-state index contributed by atoms with van der Waals surface area (Å²) in [6.45, 7) is 2.72. The summed E-state index contributed by atoms with van der Waals surface area (Å²) < 4.78 is 24.9. The molecule has 0 aromatic rings. The molecule has 2 saturated heterocycles. The van der Waals surface area contributed by atoms with Crippen molar-refractivity contribution in [3.8, 4) is 0 Å². The lowest BCUT2D eigenvalue weighted by Gasteiger charge is -2.35. The van der Waals surface area contributed by atoms with E-state index >= 15 is 0 Å². The third kappa shape index (κ3) is 3.37. The van der Waals surface area contributed by atoms with Gasteiger partial charge in [-0.25, -0.2) is 8.42 Å². The molecule has 1 amide bonds. The number of nitrogens with zero attached hydrogens (tertiary/aromatic N) is 2. The molecule has 7 nitrogen and oxygen atoms in total. The van der Waals surface area contributed by atoms with Crippen LogP contribution in [0.25, 0.3) is 0 Å². The summed E-state index contributed by atoms with van der Waals surface area (Å²) >= 11 is 0. The summed E-state index contributed by atoms with van der Waals surface area (Å²) in [6, 6.07) is -0.673. The molecular formula is C13H22N2O5S. The number of likely N-dealkylation sites (tertiary alicyclic amines) is 1. The lowest BCUT2D eigenvalue weighted by molar-refractivity contribution is -0.142. The van der Waals surface area contributed by atoms with Crippen molar-refractivity contribution in [1.29, 1.82) is 0 Å². The van der Waals surface area contributed by atoms with Crippen LogP contribution >= 0.6 is 0 Å². The number of carboxylic acids is 1. The zero-order valence-electron chi connectivity index (χ0n) is 12.4. The first-order chi connectivity index (χ1) is 9.71. The standard InChI is InChI=1S/C13H22N2O5S/c1-9-7-14(8-10(9)13(17)18)12(16)11-5-3-4-6-15(11)21(2,19)20/h9-11H,3-8H2,1-2H3,(H,17,18). The zero-order valence-corrected chi connectivity index (χ0v) is 13.2. The Bertz CT molecular complexity index is 533. The van der Waals surface area contributed by atoms with Gasteiger partial charge in [0.05, 0.1) is 12.2 Å². The van der Waals surface area contributed by atoms with Gasteiger partial charge in [-0.1, -0.05) is 13.3 Å². The van der Waals surface area contributed by atoms with Crippen LogP contribution < -0.4 is 0 Å². The second-order valence-electron chi connectivity index (χ2n) is 6.05. The lowest BCUT2D eigenvalue weighted by atomic mass is 9.99. The summed E-state index contributed by atoms with van der Waals surface area (Å²) in [5.41, 5.74) is 0. The molecule has 2 fully saturated rings. The average molecular weight is 318 g/mol. The Morgan fingerprint density at radius 3 is 2.38 bits per heavy atom. The van der Waals surface area contributed by atoms with E-state index in [2.05, 4.69) is 0 Å². The minimum absolute atomic E-state index is 0.110. The molecule has 3 unspecified atom stereocenters. The molecule has 0 aromatic heterocycles. The maximum atomic E-state index is 12.6. The average Bonchev–Trinajstić information content (AvgIpc) is 2.79. The van der Waals surface area contributed by atoms with E-state index in [9.17, 15) is 18.0 Å². The second-order valence-corrected chi connectivity index (χ2v) is 7.99. The summed E-state index contributed by atoms with van der Waals surface area (Å²) in [5, 5.41) is 9.13. The van der Waals surface area contributed by atoms with Crippen molar-refractivity contribution in [2.75, 3.05) is 25.9 Å². The molecule has 0 spiro atoms. The van der Waals surface area contributed by atoms with E-state index in [1.54, 1.807) is 6.92 Å². The van der Waals surface area contributed by atoms with Crippen molar-refractivity contribution in [3.63, 3.8) is 0 Å². The molecule has 2 rings (SSSR count). The van der Waals surface area contributed by atoms with Gasteiger partial charge in [0.2, 0.25) is 15.9 Å². The monoisotopic (exact) mass is 318 g/mol. The highest BCUT2D eigenvalue weighted by molar-refractivity contribution is 7.88. The SMILES string of the molecule is CC1CN(C(=O)C2CCCCN2S(C)(=O)=O)CC1C(=O)O. The summed E-state index contributed by atoms with van der Waals surface area (Å²) in [4.78, 5) is 25.2. The van der Waals surface area contributed by atoms with Crippen LogP contribution in [-0.4, -0.2) is 66.5 Å². The minimum atomic E-state index is -3.42. The maximum Gasteiger partial charge on any atom is 0.308 e. The Balaban J connectivity index is 2.13. The van der Waals surface area contributed by atoms with Crippen molar-refractivity contribution in [3.05, 3.63) is 0 Å². The Morgan fingerprint density at radius 1 is 1.19 bits per heavy atom. The van der Waals surface area contributed by atoms with Crippen LogP contribution in [0.15, 0.2) is 0 Å². The molecular weight excluding hydrogens is 296 g/mol. The number of carboxylic acid groups (broad SMARTS) is 1. The Morgan fingerprint density at radius 2 is 1.86 bits per heavy atom. The van der Waals surface area contributed by atoms with E-state index in [1.807, 2.05) is 0 Å². The van der Waals surface area contributed by atoms with Crippen molar-refractivity contribution in [1.82, 2.24) is 9.21 Å². The van der Waals surface area contributed by atoms with Gasteiger partial charge in [0, 0.05) is 19.6 Å². The van der Waals surface area contributed by atoms with Gasteiger partial charge in [-0.3, -0.25) is 9.59 Å². The molecule has 2 aliphatic heterocycles. The van der Waals surface area contributed by atoms with Crippen LogP contribution in [0.4, 0.5) is 0 Å². The predicted octanol–water partition coefficient (Wildman–Crippen LogP) is -0.0204. The number of hydrogen-bond acceptors (Lipinski definition) is 4. The Hall–Kier alpha value is -1.15. The Labute approximate surface area is 125 Å². The lowest BCUT2D eigenvalue weighted by Crippen LogP contribution is -2.52. The van der Waals surface area contributed by atoms with Crippen molar-refractivity contribution in [2.24, 2.45) is 11.8 Å². The molecule has 0 aromatic carbocycles. The molecule has 120 valence electrons. The largest absolute Gasteiger partial charge is 0.481 e. The van der Waals surface area contributed by atoms with Crippen LogP contribution in [0.1, 0.15) is 26.2 Å². The summed E-state index contributed by atoms with van der Waals surface area (Å²) in [6.07, 6.45) is 3.19. The quantitative estimate of drug-likeness (QED) is 0.789. The highest BCUT2D eigenvalue weighted by Gasteiger charge is 2.42.